The Bertz CT molecular complexity index is 894. The van der Waals surface area contributed by atoms with Crippen LogP contribution in [-0.4, -0.2) is 13.2 Å². The van der Waals surface area contributed by atoms with Crippen LogP contribution in [0.4, 0.5) is 0 Å². The molecule has 0 unspecified atom stereocenters. The fraction of sp³-hybridized carbons (Fsp3) is 0.130. The minimum absolute atomic E-state index is 0.510. The van der Waals surface area contributed by atoms with Crippen molar-refractivity contribution in [2.75, 3.05) is 13.2 Å². The summed E-state index contributed by atoms with van der Waals surface area (Å²) >= 11 is 0. The molecule has 2 nitrogen and oxygen atoms in total. The third kappa shape index (κ3) is 3.03. The average molecular weight is 328 g/mol. The van der Waals surface area contributed by atoms with Gasteiger partial charge < -0.3 is 9.47 Å². The number of hydrogen-bond donors (Lipinski definition) is 0. The van der Waals surface area contributed by atoms with Gasteiger partial charge in [0.05, 0.1) is 6.26 Å². The summed E-state index contributed by atoms with van der Waals surface area (Å²) in [7, 11) is 0. The molecule has 0 saturated heterocycles. The van der Waals surface area contributed by atoms with Gasteiger partial charge in [-0.05, 0) is 51.9 Å². The number of rotatable bonds is 6. The summed E-state index contributed by atoms with van der Waals surface area (Å²) in [6.45, 7) is 4.54. The molecule has 1 aliphatic rings. The van der Waals surface area contributed by atoms with Crippen LogP contribution in [0.2, 0.25) is 0 Å². The van der Waals surface area contributed by atoms with E-state index in [0.717, 1.165) is 12.2 Å². The summed E-state index contributed by atoms with van der Waals surface area (Å²) < 4.78 is 10.7. The van der Waals surface area contributed by atoms with Crippen LogP contribution in [0.1, 0.15) is 11.1 Å². The zero-order chi connectivity index (χ0) is 17.1. The van der Waals surface area contributed by atoms with Crippen molar-refractivity contribution in [3.63, 3.8) is 0 Å². The van der Waals surface area contributed by atoms with E-state index in [4.69, 9.17) is 9.47 Å². The fourth-order valence-corrected chi connectivity index (χ4v) is 3.45. The second-order valence-corrected chi connectivity index (χ2v) is 6.08. The van der Waals surface area contributed by atoms with E-state index >= 15 is 0 Å². The summed E-state index contributed by atoms with van der Waals surface area (Å²) in [5.74, 6) is 0.854. The van der Waals surface area contributed by atoms with Gasteiger partial charge >= 0.3 is 0 Å². The van der Waals surface area contributed by atoms with Gasteiger partial charge in [0.25, 0.3) is 0 Å². The molecule has 0 atom stereocenters. The zero-order valence-corrected chi connectivity index (χ0v) is 14.1. The second-order valence-electron chi connectivity index (χ2n) is 6.08. The van der Waals surface area contributed by atoms with Crippen molar-refractivity contribution in [2.45, 2.75) is 6.42 Å². The molecule has 3 aromatic rings. The smallest absolute Gasteiger partial charge is 0.122 e. The van der Waals surface area contributed by atoms with Gasteiger partial charge in [-0.15, -0.1) is 0 Å². The van der Waals surface area contributed by atoms with E-state index in [9.17, 15) is 0 Å². The first kappa shape index (κ1) is 15.5. The van der Waals surface area contributed by atoms with Crippen molar-refractivity contribution in [1.29, 1.82) is 0 Å². The van der Waals surface area contributed by atoms with Crippen LogP contribution < -0.4 is 4.74 Å². The van der Waals surface area contributed by atoms with E-state index in [1.54, 1.807) is 0 Å². The van der Waals surface area contributed by atoms with Gasteiger partial charge in [-0.1, -0.05) is 61.2 Å². The monoisotopic (exact) mass is 328 g/mol. The molecule has 1 aliphatic carbocycles. The molecule has 0 fully saturated rings. The van der Waals surface area contributed by atoms with Gasteiger partial charge in [0, 0.05) is 0 Å². The van der Waals surface area contributed by atoms with E-state index in [1.807, 2.05) is 12.1 Å². The largest absolute Gasteiger partial charge is 0.498 e. The Labute approximate surface area is 148 Å². The van der Waals surface area contributed by atoms with E-state index < -0.39 is 0 Å². The summed E-state index contributed by atoms with van der Waals surface area (Å²) in [5.41, 5.74) is 8.06. The van der Waals surface area contributed by atoms with E-state index in [0.29, 0.717) is 13.2 Å². The summed E-state index contributed by atoms with van der Waals surface area (Å²) in [6.07, 6.45) is 2.43. The molecule has 4 rings (SSSR count). The van der Waals surface area contributed by atoms with Gasteiger partial charge in [0.15, 0.2) is 0 Å². The zero-order valence-electron chi connectivity index (χ0n) is 14.1. The Morgan fingerprint density at radius 1 is 0.800 bits per heavy atom. The number of ether oxygens (including phenoxy) is 2. The van der Waals surface area contributed by atoms with Crippen LogP contribution in [0, 0.1) is 0 Å². The minimum atomic E-state index is 0.510. The third-order valence-electron chi connectivity index (χ3n) is 4.60. The standard InChI is InChI=1S/C23H20O2/c1-2-24-14-15-25-19-12-10-17(11-13-19)20-8-5-9-22-21-7-4-3-6-18(21)16-23(20)22/h2-13H,1,14-16H2. The predicted molar refractivity (Wildman–Crippen MR) is 102 cm³/mol. The van der Waals surface area contributed by atoms with E-state index in [2.05, 4.69) is 61.2 Å². The number of benzene rings is 3. The summed E-state index contributed by atoms with van der Waals surface area (Å²) in [4.78, 5) is 0. The lowest BCUT2D eigenvalue weighted by atomic mass is 9.96. The highest BCUT2D eigenvalue weighted by atomic mass is 16.5. The average Bonchev–Trinajstić information content (AvgIpc) is 3.05. The summed E-state index contributed by atoms with van der Waals surface area (Å²) in [6, 6.07) is 23.5. The second kappa shape index (κ2) is 6.86. The van der Waals surface area contributed by atoms with Crippen molar-refractivity contribution >= 4 is 0 Å². The lowest BCUT2D eigenvalue weighted by molar-refractivity contribution is 0.179. The first-order valence-corrected chi connectivity index (χ1v) is 8.53. The van der Waals surface area contributed by atoms with Crippen LogP contribution in [0.5, 0.6) is 5.75 Å². The molecule has 0 aliphatic heterocycles. The fourth-order valence-electron chi connectivity index (χ4n) is 3.45. The van der Waals surface area contributed by atoms with Crippen molar-refractivity contribution in [3.8, 4) is 28.0 Å². The van der Waals surface area contributed by atoms with Crippen molar-refractivity contribution in [1.82, 2.24) is 0 Å². The van der Waals surface area contributed by atoms with Crippen LogP contribution in [-0.2, 0) is 11.2 Å². The molecule has 0 N–H and O–H groups in total. The molecular weight excluding hydrogens is 308 g/mol. The lowest BCUT2D eigenvalue weighted by Crippen LogP contribution is -2.03. The van der Waals surface area contributed by atoms with Crippen LogP contribution in [0.25, 0.3) is 22.3 Å². The Morgan fingerprint density at radius 2 is 1.56 bits per heavy atom. The van der Waals surface area contributed by atoms with E-state index in [1.165, 1.54) is 39.6 Å². The Balaban J connectivity index is 1.58. The lowest BCUT2D eigenvalue weighted by Gasteiger charge is -2.10. The van der Waals surface area contributed by atoms with Crippen molar-refractivity contribution in [2.24, 2.45) is 0 Å². The maximum Gasteiger partial charge on any atom is 0.122 e. The first-order chi connectivity index (χ1) is 12.4. The molecular formula is C23H20O2. The molecule has 0 heterocycles. The normalized spacial score (nSPS) is 11.5. The van der Waals surface area contributed by atoms with E-state index in [-0.39, 0.29) is 0 Å². The third-order valence-corrected chi connectivity index (χ3v) is 4.60. The van der Waals surface area contributed by atoms with Gasteiger partial charge in [-0.25, -0.2) is 0 Å². The van der Waals surface area contributed by atoms with Crippen LogP contribution in [0.3, 0.4) is 0 Å². The molecule has 0 radical (unpaired) electrons. The Kier molecular flexibility index (Phi) is 4.26. The molecule has 3 aromatic carbocycles. The van der Waals surface area contributed by atoms with Gasteiger partial charge in [-0.2, -0.15) is 0 Å². The molecule has 0 amide bonds. The van der Waals surface area contributed by atoms with Gasteiger partial charge in [0.1, 0.15) is 19.0 Å². The molecule has 124 valence electrons. The Hall–Kier alpha value is -3.00. The molecule has 0 aromatic heterocycles. The highest BCUT2D eigenvalue weighted by molar-refractivity contribution is 5.84. The molecule has 25 heavy (non-hydrogen) atoms. The van der Waals surface area contributed by atoms with Gasteiger partial charge in [-0.3, -0.25) is 0 Å². The maximum atomic E-state index is 5.67. The number of hydrogen-bond acceptors (Lipinski definition) is 2. The molecule has 2 heteroatoms. The highest BCUT2D eigenvalue weighted by Gasteiger charge is 2.20. The molecule has 0 bridgehead atoms. The minimum Gasteiger partial charge on any atom is -0.498 e. The van der Waals surface area contributed by atoms with Crippen molar-refractivity contribution in [3.05, 3.63) is 90.7 Å². The van der Waals surface area contributed by atoms with Crippen LogP contribution in [0.15, 0.2) is 79.6 Å². The SMILES string of the molecule is C=COCCOc1ccc(-c2cccc3c2Cc2ccccc2-3)cc1. The summed E-state index contributed by atoms with van der Waals surface area (Å²) in [5, 5.41) is 0. The molecule has 0 spiro atoms. The quantitative estimate of drug-likeness (QED) is 0.345. The Morgan fingerprint density at radius 3 is 2.40 bits per heavy atom. The van der Waals surface area contributed by atoms with Crippen molar-refractivity contribution < 1.29 is 9.47 Å². The highest BCUT2D eigenvalue weighted by Crippen LogP contribution is 2.41. The van der Waals surface area contributed by atoms with Crippen LogP contribution >= 0.6 is 0 Å². The maximum absolute atomic E-state index is 5.67. The first-order valence-electron chi connectivity index (χ1n) is 8.53. The van der Waals surface area contributed by atoms with Gasteiger partial charge in [0.2, 0.25) is 0 Å². The topological polar surface area (TPSA) is 18.5 Å². The number of fused-ring (bicyclic) bond motifs is 3. The molecule has 0 saturated carbocycles. The predicted octanol–water partition coefficient (Wildman–Crippen LogP) is 5.46.